The number of aliphatic hydroxyl groups is 1. The van der Waals surface area contributed by atoms with Gasteiger partial charge in [0.2, 0.25) is 0 Å². The average Bonchev–Trinajstić information content (AvgIpc) is 2.33. The molecule has 0 spiro atoms. The summed E-state index contributed by atoms with van der Waals surface area (Å²) in [5.41, 5.74) is 2.84. The Bertz CT molecular complexity index is 285. The van der Waals surface area contributed by atoms with Gasteiger partial charge in [0.15, 0.2) is 0 Å². The predicted molar refractivity (Wildman–Crippen MR) is 56.9 cm³/mol. The average molecular weight is 219 g/mol. The van der Waals surface area contributed by atoms with E-state index in [0.29, 0.717) is 12.8 Å². The molecule has 1 nitrogen and oxygen atoms in total. The molecule has 1 unspecified atom stereocenters. The van der Waals surface area contributed by atoms with Crippen LogP contribution in [0.4, 0.5) is 0 Å². The van der Waals surface area contributed by atoms with Crippen LogP contribution in [-0.4, -0.2) is 11.2 Å². The highest BCUT2D eigenvalue weighted by atomic mass is 35.5. The largest absolute Gasteiger partial charge is 0.388 e. The van der Waals surface area contributed by atoms with Crippen LogP contribution in [0, 0.1) is 0 Å². The van der Waals surface area contributed by atoms with Gasteiger partial charge in [-0.15, -0.1) is 6.58 Å². The van der Waals surface area contributed by atoms with Crippen molar-refractivity contribution in [2.24, 2.45) is 0 Å². The van der Waals surface area contributed by atoms with E-state index in [-0.39, 0.29) is 4.49 Å². The summed E-state index contributed by atoms with van der Waals surface area (Å²) in [6.07, 6.45) is 2.59. The number of hydrogen-bond acceptors (Lipinski definition) is 1. The smallest absolute Gasteiger partial charge is 0.110 e. The van der Waals surface area contributed by atoms with Crippen molar-refractivity contribution in [3.8, 4) is 0 Å². The molecule has 0 saturated heterocycles. The molecule has 0 aromatic rings. The molecule has 0 fully saturated rings. The molecule has 1 rings (SSSR count). The van der Waals surface area contributed by atoms with Gasteiger partial charge < -0.3 is 5.11 Å². The summed E-state index contributed by atoms with van der Waals surface area (Å²) in [6.45, 7) is 5.55. The quantitative estimate of drug-likeness (QED) is 0.706. The molecule has 1 N–H and O–H groups in total. The van der Waals surface area contributed by atoms with E-state index >= 15 is 0 Å². The van der Waals surface area contributed by atoms with E-state index in [9.17, 15) is 5.11 Å². The summed E-state index contributed by atoms with van der Waals surface area (Å²) < 4.78 is 0.257. The third-order valence-electron chi connectivity index (χ3n) is 2.31. The lowest BCUT2D eigenvalue weighted by atomic mass is 10.1. The van der Waals surface area contributed by atoms with Gasteiger partial charge in [-0.05, 0) is 30.1 Å². The fourth-order valence-corrected chi connectivity index (χ4v) is 1.91. The van der Waals surface area contributed by atoms with Crippen molar-refractivity contribution in [1.82, 2.24) is 0 Å². The molecule has 0 aliphatic heterocycles. The Labute approximate surface area is 88.3 Å². The Morgan fingerprint density at radius 1 is 1.69 bits per heavy atom. The maximum atomic E-state index is 9.57. The summed E-state index contributed by atoms with van der Waals surface area (Å²) in [6, 6.07) is 0. The molecule has 1 aliphatic rings. The lowest BCUT2D eigenvalue weighted by molar-refractivity contribution is 0.219. The molecule has 3 heteroatoms. The van der Waals surface area contributed by atoms with Crippen LogP contribution in [0.5, 0.6) is 0 Å². The van der Waals surface area contributed by atoms with Crippen molar-refractivity contribution in [2.45, 2.75) is 25.9 Å². The Morgan fingerprint density at radius 2 is 2.31 bits per heavy atom. The molecule has 72 valence electrons. The van der Waals surface area contributed by atoms with Gasteiger partial charge in [-0.2, -0.15) is 0 Å². The Morgan fingerprint density at radius 3 is 2.77 bits per heavy atom. The Kier molecular flexibility index (Phi) is 3.60. The van der Waals surface area contributed by atoms with Crippen molar-refractivity contribution in [2.75, 3.05) is 0 Å². The molecular weight excluding hydrogens is 207 g/mol. The van der Waals surface area contributed by atoms with E-state index in [2.05, 4.69) is 6.58 Å². The number of halogens is 2. The van der Waals surface area contributed by atoms with E-state index in [0.717, 1.165) is 16.7 Å². The standard InChI is InChI=1S/C10H12Cl2O/c1-3-4-7-6(2)9(13)5-8(7)10(11)12/h3,9,13H,1,4-5H2,2H3. The maximum absolute atomic E-state index is 9.57. The molecule has 0 heterocycles. The second-order valence-electron chi connectivity index (χ2n) is 3.11. The fraction of sp³-hybridized carbons (Fsp3) is 0.400. The van der Waals surface area contributed by atoms with Gasteiger partial charge in [-0.3, -0.25) is 0 Å². The van der Waals surface area contributed by atoms with Gasteiger partial charge in [0.1, 0.15) is 4.49 Å². The highest BCUT2D eigenvalue weighted by Gasteiger charge is 2.25. The van der Waals surface area contributed by atoms with E-state index in [4.69, 9.17) is 23.2 Å². The molecule has 0 radical (unpaired) electrons. The number of rotatable bonds is 2. The number of aliphatic hydroxyl groups excluding tert-OH is 1. The first-order chi connectivity index (χ1) is 6.07. The van der Waals surface area contributed by atoms with Crippen molar-refractivity contribution >= 4 is 23.2 Å². The van der Waals surface area contributed by atoms with Crippen LogP contribution in [0.25, 0.3) is 0 Å². The molecular formula is C10H12Cl2O. The molecule has 0 amide bonds. The number of hydrogen-bond donors (Lipinski definition) is 1. The monoisotopic (exact) mass is 218 g/mol. The number of allylic oxidation sites excluding steroid dienone is 2. The molecule has 1 atom stereocenters. The zero-order chi connectivity index (χ0) is 10.0. The minimum absolute atomic E-state index is 0.257. The van der Waals surface area contributed by atoms with Crippen molar-refractivity contribution < 1.29 is 5.11 Å². The lowest BCUT2D eigenvalue weighted by Gasteiger charge is -2.02. The second-order valence-corrected chi connectivity index (χ2v) is 4.06. The van der Waals surface area contributed by atoms with Crippen LogP contribution in [0.3, 0.4) is 0 Å². The summed E-state index contributed by atoms with van der Waals surface area (Å²) in [4.78, 5) is 0. The zero-order valence-electron chi connectivity index (χ0n) is 7.48. The van der Waals surface area contributed by atoms with Gasteiger partial charge in [-0.1, -0.05) is 29.3 Å². The normalized spacial score (nSPS) is 22.5. The van der Waals surface area contributed by atoms with Crippen LogP contribution >= 0.6 is 23.2 Å². The molecule has 1 aliphatic carbocycles. The second kappa shape index (κ2) is 4.32. The van der Waals surface area contributed by atoms with E-state index in [1.165, 1.54) is 0 Å². The van der Waals surface area contributed by atoms with Crippen molar-refractivity contribution in [3.63, 3.8) is 0 Å². The summed E-state index contributed by atoms with van der Waals surface area (Å²) in [5.74, 6) is 0. The van der Waals surface area contributed by atoms with Crippen LogP contribution < -0.4 is 0 Å². The highest BCUT2D eigenvalue weighted by molar-refractivity contribution is 6.56. The molecule has 0 saturated carbocycles. The third kappa shape index (κ3) is 2.16. The minimum atomic E-state index is -0.433. The van der Waals surface area contributed by atoms with E-state index in [1.807, 2.05) is 6.92 Å². The zero-order valence-corrected chi connectivity index (χ0v) is 8.99. The molecule has 0 aromatic heterocycles. The topological polar surface area (TPSA) is 20.2 Å². The van der Waals surface area contributed by atoms with E-state index < -0.39 is 6.10 Å². The summed E-state index contributed by atoms with van der Waals surface area (Å²) in [5, 5.41) is 9.57. The Hall–Kier alpha value is -0.240. The van der Waals surface area contributed by atoms with Crippen LogP contribution in [0.2, 0.25) is 0 Å². The first-order valence-electron chi connectivity index (χ1n) is 4.11. The Balaban J connectivity index is 3.07. The van der Waals surface area contributed by atoms with Crippen LogP contribution in [-0.2, 0) is 0 Å². The molecule has 0 aromatic carbocycles. The van der Waals surface area contributed by atoms with Crippen LogP contribution in [0.15, 0.2) is 33.9 Å². The van der Waals surface area contributed by atoms with Gasteiger partial charge in [0, 0.05) is 6.42 Å². The maximum Gasteiger partial charge on any atom is 0.110 e. The van der Waals surface area contributed by atoms with Gasteiger partial charge in [0.25, 0.3) is 0 Å². The first-order valence-corrected chi connectivity index (χ1v) is 4.86. The molecule has 13 heavy (non-hydrogen) atoms. The third-order valence-corrected chi connectivity index (χ3v) is 2.77. The predicted octanol–water partition coefficient (Wildman–Crippen LogP) is 3.33. The summed E-state index contributed by atoms with van der Waals surface area (Å²) >= 11 is 11.4. The van der Waals surface area contributed by atoms with Gasteiger partial charge in [-0.25, -0.2) is 0 Å². The van der Waals surface area contributed by atoms with Gasteiger partial charge >= 0.3 is 0 Å². The SMILES string of the molecule is C=CCC1=C(C)C(O)CC1=C(Cl)Cl. The lowest BCUT2D eigenvalue weighted by Crippen LogP contribution is -2.01. The molecule has 0 bridgehead atoms. The highest BCUT2D eigenvalue weighted by Crippen LogP contribution is 2.37. The van der Waals surface area contributed by atoms with Crippen LogP contribution in [0.1, 0.15) is 19.8 Å². The van der Waals surface area contributed by atoms with Crippen molar-refractivity contribution in [3.05, 3.63) is 33.9 Å². The minimum Gasteiger partial charge on any atom is -0.388 e. The fourth-order valence-electron chi connectivity index (χ4n) is 1.53. The van der Waals surface area contributed by atoms with Crippen molar-refractivity contribution in [1.29, 1.82) is 0 Å². The van der Waals surface area contributed by atoms with Gasteiger partial charge in [0.05, 0.1) is 6.10 Å². The summed E-state index contributed by atoms with van der Waals surface area (Å²) in [7, 11) is 0. The first kappa shape index (κ1) is 10.8. The van der Waals surface area contributed by atoms with E-state index in [1.54, 1.807) is 6.08 Å².